The Bertz CT molecular complexity index is 542. The Hall–Kier alpha value is -1.11. The van der Waals surface area contributed by atoms with E-state index in [4.69, 9.17) is 11.6 Å². The van der Waals surface area contributed by atoms with Crippen molar-refractivity contribution in [2.45, 2.75) is 24.8 Å². The van der Waals surface area contributed by atoms with E-state index in [1.807, 2.05) is 0 Å². The maximum atomic E-state index is 12.0. The molecule has 0 heterocycles. The summed E-state index contributed by atoms with van der Waals surface area (Å²) in [7, 11) is -3.98. The minimum absolute atomic E-state index is 0.0332. The highest BCUT2D eigenvalue weighted by atomic mass is 35.5. The number of carboxylic acid groups (broad SMARTS) is 1. The van der Waals surface area contributed by atoms with E-state index < -0.39 is 28.0 Å². The van der Waals surface area contributed by atoms with Crippen LogP contribution in [0.1, 0.15) is 13.8 Å². The molecule has 0 aliphatic rings. The van der Waals surface area contributed by atoms with Crippen LogP contribution in [-0.2, 0) is 14.8 Å². The van der Waals surface area contributed by atoms with Crippen molar-refractivity contribution < 1.29 is 18.3 Å². The van der Waals surface area contributed by atoms with E-state index >= 15 is 0 Å². The molecule has 0 bridgehead atoms. The predicted octanol–water partition coefficient (Wildman–Crippen LogP) is 0.393. The second kappa shape index (κ2) is 5.69. The molecular weight excluding hydrogens is 278 g/mol. The summed E-state index contributed by atoms with van der Waals surface area (Å²) < 4.78 is 26.0. The summed E-state index contributed by atoms with van der Waals surface area (Å²) >= 11 is 5.77. The van der Waals surface area contributed by atoms with E-state index in [1.165, 1.54) is 18.2 Å². The fourth-order valence-electron chi connectivity index (χ4n) is 1.35. The quantitative estimate of drug-likeness (QED) is 0.850. The number of carbonyl (C=O) groups excluding carboxylic acids is 1. The Balaban J connectivity index is 3.09. The van der Waals surface area contributed by atoms with Crippen LogP contribution in [0.3, 0.4) is 0 Å². The zero-order valence-corrected chi connectivity index (χ0v) is 11.5. The van der Waals surface area contributed by atoms with Crippen LogP contribution in [0.2, 0.25) is 5.02 Å². The number of benzene rings is 1. The lowest BCUT2D eigenvalue weighted by Gasteiger charge is -2.23. The molecule has 7 heteroatoms. The highest BCUT2D eigenvalue weighted by molar-refractivity contribution is 7.89. The van der Waals surface area contributed by atoms with Crippen molar-refractivity contribution in [2.24, 2.45) is 5.92 Å². The van der Waals surface area contributed by atoms with Gasteiger partial charge in [-0.2, -0.15) is 0 Å². The van der Waals surface area contributed by atoms with Gasteiger partial charge in [0.05, 0.1) is 17.0 Å². The van der Waals surface area contributed by atoms with Crippen LogP contribution >= 0.6 is 11.6 Å². The highest BCUT2D eigenvalue weighted by Gasteiger charge is 2.24. The van der Waals surface area contributed by atoms with E-state index in [1.54, 1.807) is 19.9 Å². The molecule has 100 valence electrons. The number of hydrogen-bond donors (Lipinski definition) is 1. The first kappa shape index (κ1) is 14.9. The van der Waals surface area contributed by atoms with Gasteiger partial charge in [-0.25, -0.2) is 13.1 Å². The summed E-state index contributed by atoms with van der Waals surface area (Å²) in [5, 5.41) is 10.9. The number of rotatable bonds is 5. The summed E-state index contributed by atoms with van der Waals surface area (Å²) in [6.07, 6.45) is 0. The number of carbonyl (C=O) groups is 1. The standard InChI is InChI=1S/C11H14ClNO4S/c1-7(2)10(11(14)15)13-18(16,17)9-6-4-3-5-8(9)12/h3-7,10,13H,1-2H3,(H,14,15)/p-1/t10-/m0/s1. The second-order valence-corrected chi connectivity index (χ2v) is 6.18. The fraction of sp³-hybridized carbons (Fsp3) is 0.364. The highest BCUT2D eigenvalue weighted by Crippen LogP contribution is 2.21. The molecule has 0 saturated heterocycles. The van der Waals surface area contributed by atoms with Gasteiger partial charge >= 0.3 is 0 Å². The maximum absolute atomic E-state index is 12.0. The molecule has 0 saturated carbocycles. The average Bonchev–Trinajstić information content (AvgIpc) is 2.25. The van der Waals surface area contributed by atoms with Crippen LogP contribution in [-0.4, -0.2) is 20.4 Å². The molecule has 0 aliphatic carbocycles. The van der Waals surface area contributed by atoms with Gasteiger partial charge < -0.3 is 9.90 Å². The number of nitrogens with one attached hydrogen (secondary N) is 1. The molecule has 1 aromatic rings. The minimum atomic E-state index is -3.98. The lowest BCUT2D eigenvalue weighted by Crippen LogP contribution is -2.50. The maximum Gasteiger partial charge on any atom is 0.242 e. The number of aliphatic carboxylic acids is 1. The van der Waals surface area contributed by atoms with Gasteiger partial charge in [-0.05, 0) is 18.1 Å². The largest absolute Gasteiger partial charge is 0.548 e. The van der Waals surface area contributed by atoms with Crippen molar-refractivity contribution in [3.63, 3.8) is 0 Å². The van der Waals surface area contributed by atoms with Crippen LogP contribution in [0, 0.1) is 5.92 Å². The van der Waals surface area contributed by atoms with E-state index in [2.05, 4.69) is 4.72 Å². The van der Waals surface area contributed by atoms with Gasteiger partial charge in [0, 0.05) is 0 Å². The van der Waals surface area contributed by atoms with E-state index in [9.17, 15) is 18.3 Å². The van der Waals surface area contributed by atoms with Crippen molar-refractivity contribution in [1.29, 1.82) is 0 Å². The van der Waals surface area contributed by atoms with Crippen molar-refractivity contribution in [1.82, 2.24) is 4.72 Å². The summed E-state index contributed by atoms with van der Waals surface area (Å²) in [5.74, 6) is -1.91. The molecule has 0 radical (unpaired) electrons. The molecule has 0 unspecified atom stereocenters. The molecular formula is C11H13ClNO4S-. The predicted molar refractivity (Wildman–Crippen MR) is 65.4 cm³/mol. The third-order valence-corrected chi connectivity index (χ3v) is 4.27. The van der Waals surface area contributed by atoms with Crippen LogP contribution in [0.5, 0.6) is 0 Å². The summed E-state index contributed by atoms with van der Waals surface area (Å²) in [4.78, 5) is 10.7. The van der Waals surface area contributed by atoms with Gasteiger partial charge in [0.15, 0.2) is 0 Å². The number of carboxylic acids is 1. The zero-order chi connectivity index (χ0) is 13.9. The molecule has 0 amide bonds. The monoisotopic (exact) mass is 290 g/mol. The Labute approximate surface area is 111 Å². The third-order valence-electron chi connectivity index (χ3n) is 2.33. The van der Waals surface area contributed by atoms with E-state index in [0.717, 1.165) is 0 Å². The van der Waals surface area contributed by atoms with Crippen molar-refractivity contribution in [3.8, 4) is 0 Å². The van der Waals surface area contributed by atoms with Gasteiger partial charge in [0.25, 0.3) is 0 Å². The number of sulfonamides is 1. The summed E-state index contributed by atoms with van der Waals surface area (Å²) in [5.41, 5.74) is 0. The van der Waals surface area contributed by atoms with Gasteiger partial charge in [-0.15, -0.1) is 0 Å². The van der Waals surface area contributed by atoms with Gasteiger partial charge in [-0.1, -0.05) is 37.6 Å². The SMILES string of the molecule is CC(C)[C@H](NS(=O)(=O)c1ccccc1Cl)C(=O)[O-]. The Morgan fingerprint density at radius 3 is 2.33 bits per heavy atom. The topological polar surface area (TPSA) is 86.3 Å². The smallest absolute Gasteiger partial charge is 0.242 e. The first-order valence-electron chi connectivity index (χ1n) is 5.23. The molecule has 0 aliphatic heterocycles. The Morgan fingerprint density at radius 1 is 1.33 bits per heavy atom. The van der Waals surface area contributed by atoms with Crippen LogP contribution in [0.4, 0.5) is 0 Å². The number of halogens is 1. The van der Waals surface area contributed by atoms with Crippen LogP contribution in [0.25, 0.3) is 0 Å². The zero-order valence-electron chi connectivity index (χ0n) is 9.88. The van der Waals surface area contributed by atoms with Crippen molar-refractivity contribution in [3.05, 3.63) is 29.3 Å². The fourth-order valence-corrected chi connectivity index (χ4v) is 3.20. The van der Waals surface area contributed by atoms with E-state index in [-0.39, 0.29) is 9.92 Å². The average molecular weight is 291 g/mol. The molecule has 0 spiro atoms. The molecule has 1 N–H and O–H groups in total. The lowest BCUT2D eigenvalue weighted by molar-refractivity contribution is -0.309. The van der Waals surface area contributed by atoms with Crippen molar-refractivity contribution in [2.75, 3.05) is 0 Å². The Kier molecular flexibility index (Phi) is 4.72. The van der Waals surface area contributed by atoms with E-state index in [0.29, 0.717) is 0 Å². The first-order valence-corrected chi connectivity index (χ1v) is 7.09. The molecule has 0 fully saturated rings. The van der Waals surface area contributed by atoms with Gasteiger partial charge in [0.2, 0.25) is 10.0 Å². The van der Waals surface area contributed by atoms with Gasteiger partial charge in [-0.3, -0.25) is 0 Å². The summed E-state index contributed by atoms with van der Waals surface area (Å²) in [6, 6.07) is 4.51. The second-order valence-electron chi connectivity index (χ2n) is 4.09. The van der Waals surface area contributed by atoms with Crippen LogP contribution < -0.4 is 9.83 Å². The first-order chi connectivity index (χ1) is 8.25. The molecule has 0 aromatic heterocycles. The molecule has 1 aromatic carbocycles. The molecule has 1 atom stereocenters. The van der Waals surface area contributed by atoms with Crippen molar-refractivity contribution >= 4 is 27.6 Å². The Morgan fingerprint density at radius 2 is 1.89 bits per heavy atom. The van der Waals surface area contributed by atoms with Crippen LogP contribution in [0.15, 0.2) is 29.2 Å². The van der Waals surface area contributed by atoms with Gasteiger partial charge in [0.1, 0.15) is 4.90 Å². The minimum Gasteiger partial charge on any atom is -0.548 e. The number of hydrogen-bond acceptors (Lipinski definition) is 4. The lowest BCUT2D eigenvalue weighted by atomic mass is 10.1. The molecule has 1 rings (SSSR count). The summed E-state index contributed by atoms with van der Waals surface area (Å²) in [6.45, 7) is 3.16. The molecule has 5 nitrogen and oxygen atoms in total. The third kappa shape index (κ3) is 3.44. The molecule has 18 heavy (non-hydrogen) atoms. The normalized spacial score (nSPS) is 13.6.